The van der Waals surface area contributed by atoms with Gasteiger partial charge in [0.2, 0.25) is 0 Å². The van der Waals surface area contributed by atoms with Gasteiger partial charge in [-0.2, -0.15) is 0 Å². The summed E-state index contributed by atoms with van der Waals surface area (Å²) in [4.78, 5) is 2.60. The Kier molecular flexibility index (Phi) is 4.31. The quantitative estimate of drug-likeness (QED) is 0.439. The van der Waals surface area contributed by atoms with Gasteiger partial charge in [-0.1, -0.05) is 66.6 Å². The molecule has 0 aromatic heterocycles. The first-order valence-electron chi connectivity index (χ1n) is 10.4. The van der Waals surface area contributed by atoms with E-state index in [0.717, 1.165) is 0 Å². The molecular formula is C27H27N. The number of aryl methyl sites for hydroxylation is 1. The van der Waals surface area contributed by atoms with Crippen LogP contribution in [-0.2, 0) is 0 Å². The Morgan fingerprint density at radius 2 is 1.71 bits per heavy atom. The Bertz CT molecular complexity index is 1010. The zero-order chi connectivity index (χ0) is 19.1. The Morgan fingerprint density at radius 3 is 2.50 bits per heavy atom. The lowest BCUT2D eigenvalue weighted by Crippen LogP contribution is -2.26. The molecule has 1 aliphatic heterocycles. The van der Waals surface area contributed by atoms with E-state index in [9.17, 15) is 0 Å². The van der Waals surface area contributed by atoms with Crippen LogP contribution < -0.4 is 4.90 Å². The fraction of sp³-hybridized carbons (Fsp3) is 0.259. The Balaban J connectivity index is 1.54. The van der Waals surface area contributed by atoms with Gasteiger partial charge in [0.15, 0.2) is 0 Å². The van der Waals surface area contributed by atoms with Crippen LogP contribution in [0, 0.1) is 6.92 Å². The predicted molar refractivity (Wildman–Crippen MR) is 120 cm³/mol. The maximum Gasteiger partial charge on any atom is 0.0450 e. The van der Waals surface area contributed by atoms with Crippen molar-refractivity contribution in [2.75, 3.05) is 4.90 Å². The number of allylic oxidation sites excluding steroid dienone is 1. The molecule has 5 rings (SSSR count). The summed E-state index contributed by atoms with van der Waals surface area (Å²) < 4.78 is 0. The molecule has 1 aliphatic carbocycles. The molecule has 0 bridgehead atoms. The highest BCUT2D eigenvalue weighted by Gasteiger charge is 2.41. The fourth-order valence-corrected chi connectivity index (χ4v) is 5.04. The Morgan fingerprint density at radius 1 is 0.929 bits per heavy atom. The number of benzene rings is 3. The van der Waals surface area contributed by atoms with Gasteiger partial charge in [0.1, 0.15) is 0 Å². The van der Waals surface area contributed by atoms with Crippen molar-refractivity contribution in [3.05, 3.63) is 95.1 Å². The van der Waals surface area contributed by atoms with Gasteiger partial charge in [0.25, 0.3) is 0 Å². The molecule has 1 heteroatoms. The van der Waals surface area contributed by atoms with E-state index in [2.05, 4.69) is 97.6 Å². The van der Waals surface area contributed by atoms with Crippen molar-refractivity contribution in [1.29, 1.82) is 0 Å². The summed E-state index contributed by atoms with van der Waals surface area (Å²) in [7, 11) is 0. The maximum absolute atomic E-state index is 2.60. The van der Waals surface area contributed by atoms with E-state index < -0.39 is 0 Å². The van der Waals surface area contributed by atoms with Gasteiger partial charge < -0.3 is 4.90 Å². The minimum Gasteiger partial charge on any atom is -0.338 e. The largest absolute Gasteiger partial charge is 0.338 e. The lowest BCUT2D eigenvalue weighted by Gasteiger charge is -2.27. The van der Waals surface area contributed by atoms with Crippen molar-refractivity contribution in [2.45, 2.75) is 45.1 Å². The van der Waals surface area contributed by atoms with Crippen molar-refractivity contribution >= 4 is 23.0 Å². The first-order valence-corrected chi connectivity index (χ1v) is 10.4. The van der Waals surface area contributed by atoms with E-state index in [1.807, 2.05) is 0 Å². The molecule has 0 saturated heterocycles. The van der Waals surface area contributed by atoms with Crippen LogP contribution >= 0.6 is 0 Å². The van der Waals surface area contributed by atoms with Crippen LogP contribution in [0.5, 0.6) is 0 Å². The topological polar surface area (TPSA) is 3.24 Å². The molecule has 0 N–H and O–H groups in total. The third-order valence-corrected chi connectivity index (χ3v) is 6.45. The molecule has 2 atom stereocenters. The second-order valence-corrected chi connectivity index (χ2v) is 8.32. The molecule has 28 heavy (non-hydrogen) atoms. The first kappa shape index (κ1) is 17.3. The van der Waals surface area contributed by atoms with E-state index in [1.54, 1.807) is 0 Å². The number of rotatable bonds is 3. The van der Waals surface area contributed by atoms with E-state index in [1.165, 1.54) is 58.5 Å². The van der Waals surface area contributed by atoms with Crippen LogP contribution in [0.1, 0.15) is 54.4 Å². The third-order valence-electron chi connectivity index (χ3n) is 6.45. The number of anilines is 2. The van der Waals surface area contributed by atoms with Gasteiger partial charge in [-0.15, -0.1) is 0 Å². The van der Waals surface area contributed by atoms with Crippen molar-refractivity contribution in [3.8, 4) is 0 Å². The number of fused-ring (bicyclic) bond motifs is 3. The van der Waals surface area contributed by atoms with Gasteiger partial charge in [-0.05, 0) is 73.2 Å². The first-order chi connectivity index (χ1) is 13.7. The van der Waals surface area contributed by atoms with E-state index >= 15 is 0 Å². The minimum absolute atomic E-state index is 0.618. The Labute approximate surface area is 168 Å². The normalized spacial score (nSPS) is 20.9. The van der Waals surface area contributed by atoms with Gasteiger partial charge in [-0.25, -0.2) is 0 Å². The zero-order valence-corrected chi connectivity index (χ0v) is 16.7. The lowest BCUT2D eigenvalue weighted by molar-refractivity contribution is 0.642. The summed E-state index contributed by atoms with van der Waals surface area (Å²) in [6.45, 7) is 4.37. The fourth-order valence-electron chi connectivity index (χ4n) is 5.04. The molecule has 0 radical (unpaired) electrons. The van der Waals surface area contributed by atoms with Crippen LogP contribution in [-0.4, -0.2) is 6.04 Å². The van der Waals surface area contributed by atoms with Gasteiger partial charge in [0.05, 0.1) is 0 Å². The van der Waals surface area contributed by atoms with Gasteiger partial charge in [-0.3, -0.25) is 0 Å². The van der Waals surface area contributed by atoms with Crippen molar-refractivity contribution in [3.63, 3.8) is 0 Å². The molecule has 140 valence electrons. The molecular weight excluding hydrogens is 338 g/mol. The SMILES string of the molecule is C/C(=C\c1ccc2c(c1)C1CCCC1N2c1ccc(C)cc1)c1ccccc1. The monoisotopic (exact) mass is 365 g/mol. The third kappa shape index (κ3) is 2.96. The highest BCUT2D eigenvalue weighted by atomic mass is 15.2. The van der Waals surface area contributed by atoms with Crippen LogP contribution in [0.3, 0.4) is 0 Å². The highest BCUT2D eigenvalue weighted by Crippen LogP contribution is 2.52. The van der Waals surface area contributed by atoms with Crippen molar-refractivity contribution < 1.29 is 0 Å². The van der Waals surface area contributed by atoms with Crippen LogP contribution in [0.15, 0.2) is 72.8 Å². The number of nitrogens with zero attached hydrogens (tertiary/aromatic N) is 1. The smallest absolute Gasteiger partial charge is 0.0450 e. The van der Waals surface area contributed by atoms with Crippen LogP contribution in [0.25, 0.3) is 11.6 Å². The highest BCUT2D eigenvalue weighted by molar-refractivity contribution is 5.82. The summed E-state index contributed by atoms with van der Waals surface area (Å²) in [6, 6.07) is 27.4. The summed E-state index contributed by atoms with van der Waals surface area (Å²) >= 11 is 0. The molecule has 2 unspecified atom stereocenters. The molecule has 2 aliphatic rings. The van der Waals surface area contributed by atoms with E-state index in [4.69, 9.17) is 0 Å². The molecule has 1 fully saturated rings. The van der Waals surface area contributed by atoms with Crippen LogP contribution in [0.4, 0.5) is 11.4 Å². The minimum atomic E-state index is 0.618. The molecule has 3 aromatic carbocycles. The van der Waals surface area contributed by atoms with Crippen molar-refractivity contribution in [2.24, 2.45) is 0 Å². The second-order valence-electron chi connectivity index (χ2n) is 8.32. The summed E-state index contributed by atoms with van der Waals surface area (Å²) in [5, 5.41) is 0. The lowest BCUT2D eigenvalue weighted by atomic mass is 9.95. The number of hydrogen-bond donors (Lipinski definition) is 0. The Hall–Kier alpha value is -2.80. The molecule has 0 amide bonds. The second kappa shape index (κ2) is 6.98. The molecule has 0 spiro atoms. The summed E-state index contributed by atoms with van der Waals surface area (Å²) in [5.41, 5.74) is 9.54. The average Bonchev–Trinajstić information content (AvgIpc) is 3.30. The maximum atomic E-state index is 2.60. The summed E-state index contributed by atoms with van der Waals surface area (Å²) in [6.07, 6.45) is 6.26. The summed E-state index contributed by atoms with van der Waals surface area (Å²) in [5.74, 6) is 0.668. The molecule has 1 nitrogen and oxygen atoms in total. The molecule has 1 heterocycles. The zero-order valence-electron chi connectivity index (χ0n) is 16.7. The standard InChI is InChI=1S/C27H27N/c1-19-11-14-23(15-12-19)28-26-10-6-9-24(26)25-18-21(13-16-27(25)28)17-20(2)22-7-4-3-5-8-22/h3-5,7-8,11-18,24,26H,6,9-10H2,1-2H3/b20-17+. The predicted octanol–water partition coefficient (Wildman–Crippen LogP) is 7.34. The van der Waals surface area contributed by atoms with Crippen molar-refractivity contribution in [1.82, 2.24) is 0 Å². The van der Waals surface area contributed by atoms with E-state index in [0.29, 0.717) is 12.0 Å². The van der Waals surface area contributed by atoms with Crippen LogP contribution in [0.2, 0.25) is 0 Å². The van der Waals surface area contributed by atoms with Gasteiger partial charge in [0, 0.05) is 23.3 Å². The molecule has 1 saturated carbocycles. The molecule has 3 aromatic rings. The number of hydrogen-bond acceptors (Lipinski definition) is 1. The average molecular weight is 366 g/mol. The van der Waals surface area contributed by atoms with E-state index in [-0.39, 0.29) is 0 Å². The van der Waals surface area contributed by atoms with Gasteiger partial charge >= 0.3 is 0 Å².